The molecule has 0 atom stereocenters. The molecule has 0 unspecified atom stereocenters. The van der Waals surface area contributed by atoms with Crippen molar-refractivity contribution >= 4 is 27.6 Å². The third-order valence-electron chi connectivity index (χ3n) is 7.90. The van der Waals surface area contributed by atoms with E-state index in [2.05, 4.69) is 0 Å². The van der Waals surface area contributed by atoms with E-state index in [1.165, 1.54) is 23.5 Å². The number of aromatic carboxylic acids is 1. The zero-order valence-corrected chi connectivity index (χ0v) is 25.1. The second kappa shape index (κ2) is 13.0. The Balaban J connectivity index is 1.70. The average molecular weight is 639 g/mol. The van der Waals surface area contributed by atoms with E-state index in [0.29, 0.717) is 22.6 Å². The van der Waals surface area contributed by atoms with Gasteiger partial charge in [0.2, 0.25) is 21.7 Å². The highest BCUT2D eigenvalue weighted by atomic mass is 32.2. The predicted molar refractivity (Wildman–Crippen MR) is 152 cm³/mol. The lowest BCUT2D eigenvalue weighted by molar-refractivity contribution is -0.118. The van der Waals surface area contributed by atoms with Crippen LogP contribution < -0.4 is 4.90 Å². The van der Waals surface area contributed by atoms with Gasteiger partial charge >= 0.3 is 5.97 Å². The number of anilines is 1. The maximum Gasteiger partial charge on any atom is 0.335 e. The molecule has 3 aromatic carbocycles. The Morgan fingerprint density at radius 2 is 1.34 bits per heavy atom. The summed E-state index contributed by atoms with van der Waals surface area (Å²) in [5.41, 5.74) is 2.79. The summed E-state index contributed by atoms with van der Waals surface area (Å²) >= 11 is 0. The molecule has 1 aliphatic rings. The van der Waals surface area contributed by atoms with E-state index in [4.69, 9.17) is 0 Å². The summed E-state index contributed by atoms with van der Waals surface area (Å²) in [4.78, 5) is 24.5. The van der Waals surface area contributed by atoms with Crippen LogP contribution in [0.1, 0.15) is 70.6 Å². The van der Waals surface area contributed by atoms with Gasteiger partial charge in [-0.05, 0) is 67.0 Å². The number of sulfonamides is 1. The van der Waals surface area contributed by atoms with Crippen LogP contribution in [0.25, 0.3) is 0 Å². The van der Waals surface area contributed by atoms with Crippen LogP contribution in [0.2, 0.25) is 0 Å². The zero-order chi connectivity index (χ0) is 32.5. The molecule has 4 rings (SSSR count). The van der Waals surface area contributed by atoms with Crippen molar-refractivity contribution in [1.29, 1.82) is 0 Å². The molecule has 1 saturated carbocycles. The number of halogens is 5. The highest BCUT2D eigenvalue weighted by Gasteiger charge is 2.37. The summed E-state index contributed by atoms with van der Waals surface area (Å²) in [6, 6.07) is 10.3. The highest BCUT2D eigenvalue weighted by Crippen LogP contribution is 2.34. The lowest BCUT2D eigenvalue weighted by atomic mass is 9.84. The number of carboxylic acids is 1. The molecule has 1 fully saturated rings. The maximum atomic E-state index is 14.4. The molecule has 0 aliphatic heterocycles. The smallest absolute Gasteiger partial charge is 0.335 e. The number of carboxylic acid groups (broad SMARTS) is 1. The van der Waals surface area contributed by atoms with Crippen LogP contribution in [0.4, 0.5) is 27.6 Å². The molecule has 44 heavy (non-hydrogen) atoms. The molecular formula is C31H31F5N2O5S. The third kappa shape index (κ3) is 6.48. The zero-order valence-electron chi connectivity index (χ0n) is 24.3. The Kier molecular flexibility index (Phi) is 9.79. The third-order valence-corrected chi connectivity index (χ3v) is 9.73. The standard InChI is InChI=1S/C31H31F5N2O5S/c1-17-13-22(31(40)41)14-18(2)29(17)38(15-19-9-11-21(12-10-19)20-7-5-4-6-8-20)23(39)16-37(3)44(42,43)30-27(35)25(33)24(32)26(34)28(30)36/h9-14,20H,4-8,15-16H2,1-3H3,(H,40,41). The van der Waals surface area contributed by atoms with Crippen LogP contribution in [0.15, 0.2) is 41.3 Å². The Labute approximate surface area is 252 Å². The van der Waals surface area contributed by atoms with Crippen molar-refractivity contribution in [1.82, 2.24) is 4.31 Å². The van der Waals surface area contributed by atoms with Crippen LogP contribution in [0.3, 0.4) is 0 Å². The quantitative estimate of drug-likeness (QED) is 0.162. The first-order valence-corrected chi connectivity index (χ1v) is 15.3. The molecule has 0 heterocycles. The molecule has 13 heteroatoms. The molecule has 0 aromatic heterocycles. The number of carbonyl (C=O) groups is 2. The first kappa shape index (κ1) is 33.1. The van der Waals surface area contributed by atoms with Crippen molar-refractivity contribution in [2.45, 2.75) is 63.3 Å². The van der Waals surface area contributed by atoms with E-state index in [1.54, 1.807) is 13.8 Å². The Bertz CT molecular complexity index is 1660. The number of amides is 1. The first-order valence-electron chi connectivity index (χ1n) is 13.9. The number of benzene rings is 3. The number of hydrogen-bond donors (Lipinski definition) is 1. The SMILES string of the molecule is Cc1cc(C(=O)O)cc(C)c1N(Cc1ccc(C2CCCCC2)cc1)C(=O)CN(C)S(=O)(=O)c1c(F)c(F)c(F)c(F)c1F. The van der Waals surface area contributed by atoms with Gasteiger partial charge in [-0.15, -0.1) is 0 Å². The van der Waals surface area contributed by atoms with Gasteiger partial charge in [0, 0.05) is 12.7 Å². The van der Waals surface area contributed by atoms with Gasteiger partial charge in [-0.3, -0.25) is 4.79 Å². The van der Waals surface area contributed by atoms with Gasteiger partial charge in [-0.2, -0.15) is 4.31 Å². The van der Waals surface area contributed by atoms with E-state index in [9.17, 15) is 45.1 Å². The van der Waals surface area contributed by atoms with Gasteiger partial charge < -0.3 is 10.0 Å². The topological polar surface area (TPSA) is 95.0 Å². The fraction of sp³-hybridized carbons (Fsp3) is 0.355. The van der Waals surface area contributed by atoms with Crippen molar-refractivity contribution in [3.05, 3.63) is 93.3 Å². The van der Waals surface area contributed by atoms with Gasteiger partial charge in [-0.1, -0.05) is 43.5 Å². The molecule has 236 valence electrons. The second-order valence-electron chi connectivity index (χ2n) is 11.0. The summed E-state index contributed by atoms with van der Waals surface area (Å²) in [6.07, 6.45) is 5.62. The van der Waals surface area contributed by atoms with Gasteiger partial charge in [-0.25, -0.2) is 35.2 Å². The van der Waals surface area contributed by atoms with Crippen LogP contribution in [0, 0.1) is 42.9 Å². The van der Waals surface area contributed by atoms with Gasteiger partial charge in [0.1, 0.15) is 0 Å². The molecular weight excluding hydrogens is 607 g/mol. The molecule has 1 amide bonds. The second-order valence-corrected chi connectivity index (χ2v) is 13.0. The summed E-state index contributed by atoms with van der Waals surface area (Å²) < 4.78 is 96.3. The van der Waals surface area contributed by atoms with Gasteiger partial charge in [0.15, 0.2) is 28.2 Å². The van der Waals surface area contributed by atoms with Gasteiger partial charge in [0.25, 0.3) is 0 Å². The highest BCUT2D eigenvalue weighted by molar-refractivity contribution is 7.89. The maximum absolute atomic E-state index is 14.4. The number of rotatable bonds is 9. The molecule has 1 aliphatic carbocycles. The summed E-state index contributed by atoms with van der Waals surface area (Å²) in [6.45, 7) is 2.00. The Morgan fingerprint density at radius 1 is 0.841 bits per heavy atom. The molecule has 0 radical (unpaired) electrons. The molecule has 3 aromatic rings. The predicted octanol–water partition coefficient (Wildman–Crippen LogP) is 6.60. The van der Waals surface area contributed by atoms with Crippen molar-refractivity contribution in [3.8, 4) is 0 Å². The molecule has 0 bridgehead atoms. The minimum Gasteiger partial charge on any atom is -0.478 e. The fourth-order valence-electron chi connectivity index (χ4n) is 5.64. The van der Waals surface area contributed by atoms with Crippen molar-refractivity contribution < 1.29 is 45.1 Å². The summed E-state index contributed by atoms with van der Waals surface area (Å²) in [5, 5.41) is 9.47. The Morgan fingerprint density at radius 3 is 1.84 bits per heavy atom. The lowest BCUT2D eigenvalue weighted by Gasteiger charge is -2.29. The average Bonchev–Trinajstić information content (AvgIpc) is 2.98. The normalized spacial score (nSPS) is 14.2. The van der Waals surface area contributed by atoms with E-state index >= 15 is 0 Å². The minimum atomic E-state index is -5.39. The summed E-state index contributed by atoms with van der Waals surface area (Å²) in [5.74, 6) is -14.2. The van der Waals surface area contributed by atoms with Crippen LogP contribution in [0.5, 0.6) is 0 Å². The van der Waals surface area contributed by atoms with E-state index in [-0.39, 0.29) is 22.1 Å². The van der Waals surface area contributed by atoms with Crippen molar-refractivity contribution in [2.75, 3.05) is 18.5 Å². The number of hydrogen-bond acceptors (Lipinski definition) is 4. The van der Waals surface area contributed by atoms with E-state index in [1.807, 2.05) is 24.3 Å². The Hall–Kier alpha value is -3.84. The first-order chi connectivity index (χ1) is 20.6. The molecule has 1 N–H and O–H groups in total. The monoisotopic (exact) mass is 638 g/mol. The molecule has 7 nitrogen and oxygen atoms in total. The van der Waals surface area contributed by atoms with E-state index < -0.39 is 62.4 Å². The minimum absolute atomic E-state index is 0.0426. The molecule has 0 spiro atoms. The number of carbonyl (C=O) groups excluding carboxylic acids is 1. The number of nitrogens with zero attached hydrogens (tertiary/aromatic N) is 2. The lowest BCUT2D eigenvalue weighted by Crippen LogP contribution is -2.42. The van der Waals surface area contributed by atoms with Crippen LogP contribution in [-0.4, -0.2) is 43.3 Å². The fourth-order valence-corrected chi connectivity index (χ4v) is 6.86. The van der Waals surface area contributed by atoms with E-state index in [0.717, 1.165) is 38.3 Å². The molecule has 0 saturated heterocycles. The number of aryl methyl sites for hydroxylation is 2. The number of likely N-dealkylation sites (N-methyl/N-ethyl adjacent to an activating group) is 1. The summed E-state index contributed by atoms with van der Waals surface area (Å²) in [7, 11) is -4.62. The van der Waals surface area contributed by atoms with Crippen molar-refractivity contribution in [2.24, 2.45) is 0 Å². The largest absolute Gasteiger partial charge is 0.478 e. The van der Waals surface area contributed by atoms with Crippen molar-refractivity contribution in [3.63, 3.8) is 0 Å². The van der Waals surface area contributed by atoms with Crippen LogP contribution >= 0.6 is 0 Å². The van der Waals surface area contributed by atoms with Crippen LogP contribution in [-0.2, 0) is 21.4 Å². The van der Waals surface area contributed by atoms with Gasteiger partial charge in [0.05, 0.1) is 18.7 Å².